The van der Waals surface area contributed by atoms with Gasteiger partial charge in [0.2, 0.25) is 10.0 Å². The van der Waals surface area contributed by atoms with Crippen LogP contribution in [0.25, 0.3) is 0 Å². The van der Waals surface area contributed by atoms with Crippen LogP contribution in [0.1, 0.15) is 6.42 Å². The van der Waals surface area contributed by atoms with Crippen molar-refractivity contribution >= 4 is 21.4 Å². The zero-order valence-corrected chi connectivity index (χ0v) is 11.4. The first kappa shape index (κ1) is 15.5. The van der Waals surface area contributed by atoms with Gasteiger partial charge in [-0.25, -0.2) is 13.6 Å². The van der Waals surface area contributed by atoms with Crippen LogP contribution in [0.2, 0.25) is 0 Å². The van der Waals surface area contributed by atoms with E-state index in [0.717, 1.165) is 6.42 Å². The monoisotopic (exact) mass is 285 g/mol. The normalized spacial score (nSPS) is 11.2. The lowest BCUT2D eigenvalue weighted by Gasteiger charge is -2.10. The molecule has 0 fully saturated rings. The van der Waals surface area contributed by atoms with Crippen molar-refractivity contribution in [1.29, 1.82) is 0 Å². The number of nitrogens with two attached hydrogens (primary N) is 2. The molecule has 106 valence electrons. The molecule has 0 saturated heterocycles. The molecule has 7 heteroatoms. The van der Waals surface area contributed by atoms with Crippen molar-refractivity contribution in [1.82, 2.24) is 0 Å². The van der Waals surface area contributed by atoms with Gasteiger partial charge in [-0.3, -0.25) is 0 Å². The summed E-state index contributed by atoms with van der Waals surface area (Å²) in [6.07, 6.45) is 2.60. The van der Waals surface area contributed by atoms with Crippen molar-refractivity contribution in [2.75, 3.05) is 30.8 Å². The minimum atomic E-state index is -3.72. The average molecular weight is 285 g/mol. The smallest absolute Gasteiger partial charge is 0.238 e. The number of sulfonamides is 1. The van der Waals surface area contributed by atoms with E-state index in [9.17, 15) is 8.42 Å². The van der Waals surface area contributed by atoms with Crippen LogP contribution >= 0.6 is 0 Å². The zero-order valence-electron chi connectivity index (χ0n) is 10.6. The molecule has 0 aliphatic heterocycles. The van der Waals surface area contributed by atoms with E-state index < -0.39 is 10.0 Å². The zero-order chi connectivity index (χ0) is 14.3. The van der Waals surface area contributed by atoms with Crippen molar-refractivity contribution in [2.24, 2.45) is 5.14 Å². The third-order valence-corrected chi connectivity index (χ3v) is 3.29. The second-order valence-electron chi connectivity index (χ2n) is 3.91. The van der Waals surface area contributed by atoms with E-state index in [1.807, 2.05) is 0 Å². The number of hydrogen-bond acceptors (Lipinski definition) is 5. The number of anilines is 2. The minimum Gasteiger partial charge on any atom is -0.397 e. The first-order valence-corrected chi connectivity index (χ1v) is 7.34. The topological polar surface area (TPSA) is 107 Å². The summed E-state index contributed by atoms with van der Waals surface area (Å²) in [5.74, 6) is 0. The van der Waals surface area contributed by atoms with Crippen molar-refractivity contribution in [3.05, 3.63) is 30.9 Å². The van der Waals surface area contributed by atoms with Gasteiger partial charge in [-0.1, -0.05) is 6.08 Å². The average Bonchev–Trinajstić information content (AvgIpc) is 2.34. The summed E-state index contributed by atoms with van der Waals surface area (Å²) in [5, 5.41) is 8.07. The molecule has 0 amide bonds. The minimum absolute atomic E-state index is 0.00205. The van der Waals surface area contributed by atoms with Crippen LogP contribution in [-0.4, -0.2) is 28.2 Å². The first-order valence-electron chi connectivity index (χ1n) is 5.80. The van der Waals surface area contributed by atoms with E-state index in [1.54, 1.807) is 12.1 Å². The summed E-state index contributed by atoms with van der Waals surface area (Å²) in [5.41, 5.74) is 6.73. The highest BCUT2D eigenvalue weighted by molar-refractivity contribution is 7.89. The number of primary sulfonamides is 1. The van der Waals surface area contributed by atoms with Crippen LogP contribution in [0.15, 0.2) is 35.7 Å². The summed E-state index contributed by atoms with van der Waals surface area (Å²) < 4.78 is 27.6. The van der Waals surface area contributed by atoms with Gasteiger partial charge in [0.05, 0.1) is 29.5 Å². The van der Waals surface area contributed by atoms with Crippen molar-refractivity contribution < 1.29 is 13.2 Å². The number of rotatable bonds is 8. The molecule has 0 bridgehead atoms. The molecule has 0 aliphatic carbocycles. The molecule has 6 nitrogen and oxygen atoms in total. The lowest BCUT2D eigenvalue weighted by Crippen LogP contribution is -2.14. The Bertz CT molecular complexity index is 529. The highest BCUT2D eigenvalue weighted by atomic mass is 32.2. The summed E-state index contributed by atoms with van der Waals surface area (Å²) in [6, 6.07) is 4.32. The van der Waals surface area contributed by atoms with Crippen LogP contribution < -0.4 is 16.2 Å². The van der Waals surface area contributed by atoms with Gasteiger partial charge in [0, 0.05) is 6.54 Å². The van der Waals surface area contributed by atoms with Crippen molar-refractivity contribution in [3.8, 4) is 0 Å². The fourth-order valence-corrected chi connectivity index (χ4v) is 1.95. The van der Waals surface area contributed by atoms with E-state index in [4.69, 9.17) is 15.6 Å². The van der Waals surface area contributed by atoms with Gasteiger partial charge in [-0.2, -0.15) is 0 Å². The fourth-order valence-electron chi connectivity index (χ4n) is 1.41. The van der Waals surface area contributed by atoms with Crippen molar-refractivity contribution in [2.45, 2.75) is 11.3 Å². The molecule has 1 aromatic rings. The second-order valence-corrected chi connectivity index (χ2v) is 5.47. The summed E-state index contributed by atoms with van der Waals surface area (Å²) in [6.45, 7) is 5.34. The van der Waals surface area contributed by atoms with Crippen molar-refractivity contribution in [3.63, 3.8) is 0 Å². The Kier molecular flexibility index (Phi) is 5.81. The Morgan fingerprint density at radius 2 is 2.11 bits per heavy atom. The van der Waals surface area contributed by atoms with Crippen LogP contribution in [0.5, 0.6) is 0 Å². The van der Waals surface area contributed by atoms with Crippen LogP contribution in [0.3, 0.4) is 0 Å². The van der Waals surface area contributed by atoms with Gasteiger partial charge in [-0.05, 0) is 24.6 Å². The number of ether oxygens (including phenoxy) is 1. The SMILES string of the molecule is C=CCCOCCNc1ccc(S(N)(=O)=O)cc1N. The molecule has 0 heterocycles. The van der Waals surface area contributed by atoms with Gasteiger partial charge in [0.25, 0.3) is 0 Å². The molecular weight excluding hydrogens is 266 g/mol. The fraction of sp³-hybridized carbons (Fsp3) is 0.333. The molecule has 1 aromatic carbocycles. The van der Waals surface area contributed by atoms with E-state index >= 15 is 0 Å². The first-order chi connectivity index (χ1) is 8.95. The maximum Gasteiger partial charge on any atom is 0.238 e. The van der Waals surface area contributed by atoms with E-state index in [2.05, 4.69) is 11.9 Å². The molecule has 5 N–H and O–H groups in total. The Balaban J connectivity index is 2.49. The molecule has 1 rings (SSSR count). The second kappa shape index (κ2) is 7.13. The molecule has 0 unspecified atom stereocenters. The van der Waals surface area contributed by atoms with Crippen LogP contribution in [0.4, 0.5) is 11.4 Å². The Morgan fingerprint density at radius 3 is 2.68 bits per heavy atom. The third kappa shape index (κ3) is 5.29. The molecule has 0 atom stereocenters. The van der Waals surface area contributed by atoms with Crippen LogP contribution in [0, 0.1) is 0 Å². The Labute approximate surface area is 113 Å². The number of nitrogen functional groups attached to an aromatic ring is 1. The molecule has 0 radical (unpaired) electrons. The van der Waals surface area contributed by atoms with Gasteiger partial charge in [-0.15, -0.1) is 6.58 Å². The standard InChI is InChI=1S/C12H19N3O3S/c1-2-3-7-18-8-6-15-12-5-4-10(9-11(12)13)19(14,16)17/h2,4-5,9,15H,1,3,6-8,13H2,(H2,14,16,17). The van der Waals surface area contributed by atoms with E-state index in [1.165, 1.54) is 12.1 Å². The predicted molar refractivity (Wildman–Crippen MR) is 76.4 cm³/mol. The maximum atomic E-state index is 11.1. The lowest BCUT2D eigenvalue weighted by molar-refractivity contribution is 0.149. The highest BCUT2D eigenvalue weighted by Gasteiger charge is 2.09. The third-order valence-electron chi connectivity index (χ3n) is 2.38. The number of nitrogens with one attached hydrogen (secondary N) is 1. The van der Waals surface area contributed by atoms with Gasteiger partial charge in [0.15, 0.2) is 0 Å². The summed E-state index contributed by atoms with van der Waals surface area (Å²) in [7, 11) is -3.72. The van der Waals surface area contributed by atoms with Gasteiger partial charge < -0.3 is 15.8 Å². The van der Waals surface area contributed by atoms with Gasteiger partial charge in [0.1, 0.15) is 0 Å². The van der Waals surface area contributed by atoms with E-state index in [-0.39, 0.29) is 4.90 Å². The molecule has 19 heavy (non-hydrogen) atoms. The Morgan fingerprint density at radius 1 is 1.37 bits per heavy atom. The number of benzene rings is 1. The number of hydrogen-bond donors (Lipinski definition) is 3. The maximum absolute atomic E-state index is 11.1. The molecular formula is C12H19N3O3S. The van der Waals surface area contributed by atoms with Crippen LogP contribution in [-0.2, 0) is 14.8 Å². The predicted octanol–water partition coefficient (Wildman–Crippen LogP) is 0.921. The molecule has 0 aromatic heterocycles. The largest absolute Gasteiger partial charge is 0.397 e. The molecule has 0 spiro atoms. The molecule has 0 aliphatic rings. The quantitative estimate of drug-likeness (QED) is 0.374. The van der Waals surface area contributed by atoms with Gasteiger partial charge >= 0.3 is 0 Å². The molecule has 0 saturated carbocycles. The summed E-state index contributed by atoms with van der Waals surface area (Å²) in [4.78, 5) is -0.00205. The Hall–Kier alpha value is -1.57. The lowest BCUT2D eigenvalue weighted by atomic mass is 10.2. The summed E-state index contributed by atoms with van der Waals surface area (Å²) >= 11 is 0. The van der Waals surface area contributed by atoms with E-state index in [0.29, 0.717) is 31.1 Å². The highest BCUT2D eigenvalue weighted by Crippen LogP contribution is 2.21.